The molecule has 180 valence electrons. The topological polar surface area (TPSA) is 65.5 Å². The molecule has 2 aromatic rings. The van der Waals surface area contributed by atoms with Crippen molar-refractivity contribution in [2.45, 2.75) is 44.1 Å². The number of rotatable bonds is 5. The minimum Gasteiger partial charge on any atom is -0.504 e. The molecule has 33 heavy (non-hydrogen) atoms. The van der Waals surface area contributed by atoms with Gasteiger partial charge in [-0.3, -0.25) is 4.79 Å². The average molecular weight is 475 g/mol. The van der Waals surface area contributed by atoms with E-state index in [0.29, 0.717) is 30.8 Å². The highest BCUT2D eigenvalue weighted by Crippen LogP contribution is 2.36. The molecule has 1 amide bonds. The summed E-state index contributed by atoms with van der Waals surface area (Å²) in [6.45, 7) is 0.141. The highest BCUT2D eigenvalue weighted by molar-refractivity contribution is 5.94. The van der Waals surface area contributed by atoms with Gasteiger partial charge in [-0.05, 0) is 61.9 Å². The van der Waals surface area contributed by atoms with Crippen molar-refractivity contribution >= 4 is 11.7 Å². The van der Waals surface area contributed by atoms with E-state index in [2.05, 4.69) is 10.3 Å². The van der Waals surface area contributed by atoms with Crippen LogP contribution < -0.4 is 10.2 Å². The Morgan fingerprint density at radius 2 is 1.64 bits per heavy atom. The number of nitrogens with one attached hydrogen (secondary N) is 1. The SMILES string of the molecule is CN(c1ncccc1O)[C@H]1CC[C@H](CNC(=O)c2cc(C(F)(F)F)cc(C(F)(F)F)c2)CC1. The molecule has 0 aliphatic heterocycles. The number of pyridine rings is 1. The molecule has 1 heterocycles. The molecule has 5 nitrogen and oxygen atoms in total. The molecule has 1 aromatic heterocycles. The molecule has 0 saturated heterocycles. The van der Waals surface area contributed by atoms with Crippen molar-refractivity contribution < 1.29 is 36.2 Å². The zero-order chi connectivity index (χ0) is 24.4. The second-order valence-electron chi connectivity index (χ2n) is 8.14. The van der Waals surface area contributed by atoms with Gasteiger partial charge in [0.1, 0.15) is 0 Å². The van der Waals surface area contributed by atoms with Crippen LogP contribution in [-0.2, 0) is 12.4 Å². The minimum atomic E-state index is -5.01. The van der Waals surface area contributed by atoms with Crippen molar-refractivity contribution in [3.8, 4) is 5.75 Å². The van der Waals surface area contributed by atoms with E-state index in [0.717, 1.165) is 12.8 Å². The van der Waals surface area contributed by atoms with Gasteiger partial charge < -0.3 is 15.3 Å². The number of hydrogen-bond donors (Lipinski definition) is 2. The van der Waals surface area contributed by atoms with E-state index in [1.807, 2.05) is 11.9 Å². The van der Waals surface area contributed by atoms with Gasteiger partial charge in [-0.1, -0.05) is 0 Å². The number of nitrogens with zero attached hydrogens (tertiary/aromatic N) is 2. The van der Waals surface area contributed by atoms with Crippen molar-refractivity contribution in [2.24, 2.45) is 5.92 Å². The van der Waals surface area contributed by atoms with Gasteiger partial charge in [-0.15, -0.1) is 0 Å². The number of amides is 1. The Morgan fingerprint density at radius 1 is 1.06 bits per heavy atom. The van der Waals surface area contributed by atoms with Gasteiger partial charge in [0.2, 0.25) is 0 Å². The lowest BCUT2D eigenvalue weighted by Crippen LogP contribution is -2.38. The highest BCUT2D eigenvalue weighted by atomic mass is 19.4. The third kappa shape index (κ3) is 6.08. The molecule has 2 N–H and O–H groups in total. The molecule has 1 aromatic carbocycles. The van der Waals surface area contributed by atoms with Gasteiger partial charge in [0.15, 0.2) is 11.6 Å². The van der Waals surface area contributed by atoms with Crippen LogP contribution in [0.3, 0.4) is 0 Å². The van der Waals surface area contributed by atoms with Crippen molar-refractivity contribution in [3.05, 3.63) is 53.2 Å². The van der Waals surface area contributed by atoms with Gasteiger partial charge in [0, 0.05) is 31.4 Å². The third-order valence-electron chi connectivity index (χ3n) is 5.87. The predicted molar refractivity (Wildman–Crippen MR) is 109 cm³/mol. The number of halogens is 6. The van der Waals surface area contributed by atoms with Crippen LogP contribution >= 0.6 is 0 Å². The Bertz CT molecular complexity index is 953. The standard InChI is InChI=1S/C22H23F6N3O2/c1-31(19-18(32)3-2-8-29-19)17-6-4-13(5-7-17)12-30-20(33)14-9-15(21(23,24)25)11-16(10-14)22(26,27)28/h2-3,8-11,13,17,32H,4-7,12H2,1H3,(H,30,33)/t13-,17-. The maximum atomic E-state index is 13.0. The molecule has 0 spiro atoms. The van der Waals surface area contributed by atoms with E-state index in [1.165, 1.54) is 6.07 Å². The monoisotopic (exact) mass is 475 g/mol. The van der Waals surface area contributed by atoms with E-state index in [-0.39, 0.29) is 30.3 Å². The molecule has 1 aliphatic rings. The lowest BCUT2D eigenvalue weighted by molar-refractivity contribution is -0.143. The van der Waals surface area contributed by atoms with Gasteiger partial charge >= 0.3 is 12.4 Å². The molecule has 0 bridgehead atoms. The molecule has 1 fully saturated rings. The van der Waals surface area contributed by atoms with Crippen molar-refractivity contribution in [1.29, 1.82) is 0 Å². The van der Waals surface area contributed by atoms with E-state index >= 15 is 0 Å². The van der Waals surface area contributed by atoms with Gasteiger partial charge in [-0.2, -0.15) is 26.3 Å². The molecule has 1 aliphatic carbocycles. The first-order valence-corrected chi connectivity index (χ1v) is 10.3. The van der Waals surface area contributed by atoms with E-state index < -0.39 is 35.0 Å². The second kappa shape index (κ2) is 9.48. The Labute approximate surface area is 186 Å². The maximum Gasteiger partial charge on any atom is 0.416 e. The number of carbonyl (C=O) groups is 1. The minimum absolute atomic E-state index is 0.00601. The van der Waals surface area contributed by atoms with Crippen LogP contribution in [0.25, 0.3) is 0 Å². The molecular formula is C22H23F6N3O2. The third-order valence-corrected chi connectivity index (χ3v) is 5.87. The largest absolute Gasteiger partial charge is 0.504 e. The van der Waals surface area contributed by atoms with Gasteiger partial charge in [0.25, 0.3) is 5.91 Å². The number of hydrogen-bond acceptors (Lipinski definition) is 4. The fourth-order valence-corrected chi connectivity index (χ4v) is 3.99. The van der Waals surface area contributed by atoms with Crippen LogP contribution in [0.4, 0.5) is 32.2 Å². The highest BCUT2D eigenvalue weighted by Gasteiger charge is 2.37. The Hall–Kier alpha value is -2.98. The summed E-state index contributed by atoms with van der Waals surface area (Å²) >= 11 is 0. The van der Waals surface area contributed by atoms with Crippen LogP contribution in [0.1, 0.15) is 47.2 Å². The number of aromatic hydroxyl groups is 1. The average Bonchev–Trinajstić information content (AvgIpc) is 2.76. The molecule has 3 rings (SSSR count). The van der Waals surface area contributed by atoms with Crippen LogP contribution in [0.5, 0.6) is 5.75 Å². The quantitative estimate of drug-likeness (QED) is 0.580. The number of aromatic nitrogens is 1. The number of carbonyl (C=O) groups excluding carboxylic acids is 1. The Morgan fingerprint density at radius 3 is 2.15 bits per heavy atom. The number of benzene rings is 1. The van der Waals surface area contributed by atoms with Crippen LogP contribution in [-0.4, -0.2) is 35.6 Å². The lowest BCUT2D eigenvalue weighted by atomic mass is 9.85. The summed E-state index contributed by atoms with van der Waals surface area (Å²) in [5.74, 6) is -0.430. The summed E-state index contributed by atoms with van der Waals surface area (Å²) in [5, 5.41) is 12.4. The first-order valence-electron chi connectivity index (χ1n) is 10.3. The van der Waals surface area contributed by atoms with Crippen LogP contribution in [0.15, 0.2) is 36.5 Å². The molecule has 1 saturated carbocycles. The first-order chi connectivity index (χ1) is 15.4. The van der Waals surface area contributed by atoms with Crippen molar-refractivity contribution in [2.75, 3.05) is 18.5 Å². The van der Waals surface area contributed by atoms with Gasteiger partial charge in [-0.25, -0.2) is 4.98 Å². The second-order valence-corrected chi connectivity index (χ2v) is 8.14. The zero-order valence-electron chi connectivity index (χ0n) is 17.7. The summed E-state index contributed by atoms with van der Waals surface area (Å²) in [4.78, 5) is 18.4. The smallest absolute Gasteiger partial charge is 0.416 e. The summed E-state index contributed by atoms with van der Waals surface area (Å²) < 4.78 is 78.0. The summed E-state index contributed by atoms with van der Waals surface area (Å²) in [7, 11) is 1.82. The summed E-state index contributed by atoms with van der Waals surface area (Å²) in [6.07, 6.45) is -5.60. The summed E-state index contributed by atoms with van der Waals surface area (Å²) in [6, 6.07) is 4.11. The maximum absolute atomic E-state index is 13.0. The van der Waals surface area contributed by atoms with Crippen LogP contribution in [0.2, 0.25) is 0 Å². The molecule has 0 unspecified atom stereocenters. The lowest BCUT2D eigenvalue weighted by Gasteiger charge is -2.35. The fourth-order valence-electron chi connectivity index (χ4n) is 3.99. The van der Waals surface area contributed by atoms with Crippen molar-refractivity contribution in [1.82, 2.24) is 10.3 Å². The normalized spacial score (nSPS) is 19.2. The van der Waals surface area contributed by atoms with Crippen molar-refractivity contribution in [3.63, 3.8) is 0 Å². The van der Waals surface area contributed by atoms with E-state index in [9.17, 15) is 36.2 Å². The number of alkyl halides is 6. The number of anilines is 1. The molecule has 11 heteroatoms. The summed E-state index contributed by atoms with van der Waals surface area (Å²) in [5.41, 5.74) is -3.73. The molecule has 0 radical (unpaired) electrons. The molecular weight excluding hydrogens is 452 g/mol. The van der Waals surface area contributed by atoms with Gasteiger partial charge in [0.05, 0.1) is 11.1 Å². The Kier molecular flexibility index (Phi) is 7.08. The first kappa shape index (κ1) is 24.7. The zero-order valence-corrected chi connectivity index (χ0v) is 17.7. The van der Waals surface area contributed by atoms with E-state index in [4.69, 9.17) is 0 Å². The molecule has 0 atom stereocenters. The van der Waals surface area contributed by atoms with Crippen LogP contribution in [0, 0.1) is 5.92 Å². The Balaban J connectivity index is 1.60. The fraction of sp³-hybridized carbons (Fsp3) is 0.455. The van der Waals surface area contributed by atoms with E-state index in [1.54, 1.807) is 12.3 Å². The predicted octanol–water partition coefficient (Wildman–Crippen LogP) is 5.25.